The molecule has 3 fully saturated rings. The first-order chi connectivity index (χ1) is 15.2. The number of rotatable bonds is 4. The van der Waals surface area contributed by atoms with E-state index in [0.717, 1.165) is 83.0 Å². The van der Waals surface area contributed by atoms with Crippen LogP contribution in [0.4, 0.5) is 5.82 Å². The molecule has 3 aliphatic heterocycles. The highest BCUT2D eigenvalue weighted by molar-refractivity contribution is 5.73. The van der Waals surface area contributed by atoms with Gasteiger partial charge in [-0.15, -0.1) is 0 Å². The van der Waals surface area contributed by atoms with Gasteiger partial charge in [0.2, 0.25) is 17.6 Å². The molecule has 31 heavy (non-hydrogen) atoms. The van der Waals surface area contributed by atoms with E-state index >= 15 is 0 Å². The standard InChI is InChI=1S/C22H30N6O3/c1-16(29)26-9-11-27(12-10-26)20-15-17(4-7-23-20)21-24-22(31-25-21)19-3-2-8-28(19)18-5-13-30-14-6-18/h4,7,15,18-19H,2-3,5-6,8-14H2,1H3. The molecule has 5 rings (SSSR count). The number of hydrogen-bond acceptors (Lipinski definition) is 8. The third-order valence-corrected chi connectivity index (χ3v) is 6.73. The Hall–Kier alpha value is -2.52. The van der Waals surface area contributed by atoms with Crippen LogP contribution < -0.4 is 4.90 Å². The number of hydrogen-bond donors (Lipinski definition) is 0. The Labute approximate surface area is 182 Å². The summed E-state index contributed by atoms with van der Waals surface area (Å²) in [5, 5.41) is 4.30. The highest BCUT2D eigenvalue weighted by atomic mass is 16.5. The van der Waals surface area contributed by atoms with Crippen LogP contribution in [0.3, 0.4) is 0 Å². The van der Waals surface area contributed by atoms with Crippen LogP contribution in [0.5, 0.6) is 0 Å². The van der Waals surface area contributed by atoms with Gasteiger partial charge in [0.25, 0.3) is 0 Å². The molecule has 9 nitrogen and oxygen atoms in total. The smallest absolute Gasteiger partial charge is 0.244 e. The summed E-state index contributed by atoms with van der Waals surface area (Å²) in [6, 6.07) is 4.68. The molecule has 0 saturated carbocycles. The van der Waals surface area contributed by atoms with Gasteiger partial charge >= 0.3 is 0 Å². The minimum atomic E-state index is 0.127. The Balaban J connectivity index is 1.30. The minimum absolute atomic E-state index is 0.127. The largest absolute Gasteiger partial charge is 0.381 e. The molecular formula is C22H30N6O3. The Bertz CT molecular complexity index is 904. The molecule has 3 saturated heterocycles. The average molecular weight is 427 g/mol. The summed E-state index contributed by atoms with van der Waals surface area (Å²) < 4.78 is 11.3. The Morgan fingerprint density at radius 2 is 1.90 bits per heavy atom. The second kappa shape index (κ2) is 8.92. The molecule has 0 spiro atoms. The van der Waals surface area contributed by atoms with Crippen LogP contribution in [0.25, 0.3) is 11.4 Å². The normalized spacial score (nSPS) is 23.5. The van der Waals surface area contributed by atoms with E-state index in [0.29, 0.717) is 17.8 Å². The van der Waals surface area contributed by atoms with Crippen molar-refractivity contribution < 1.29 is 14.1 Å². The Morgan fingerprint density at radius 3 is 2.68 bits per heavy atom. The van der Waals surface area contributed by atoms with Crippen molar-refractivity contribution in [3.8, 4) is 11.4 Å². The highest BCUT2D eigenvalue weighted by Crippen LogP contribution is 2.36. The number of ether oxygens (including phenoxy) is 1. The van der Waals surface area contributed by atoms with Crippen molar-refractivity contribution in [2.45, 2.75) is 44.7 Å². The monoisotopic (exact) mass is 426 g/mol. The van der Waals surface area contributed by atoms with Crippen molar-refractivity contribution in [3.05, 3.63) is 24.2 Å². The number of amides is 1. The fraction of sp³-hybridized carbons (Fsp3) is 0.636. The predicted octanol–water partition coefficient (Wildman–Crippen LogP) is 2.12. The first kappa shape index (κ1) is 20.4. The van der Waals surface area contributed by atoms with Crippen molar-refractivity contribution in [1.82, 2.24) is 24.9 Å². The number of likely N-dealkylation sites (tertiary alicyclic amines) is 1. The van der Waals surface area contributed by atoms with E-state index < -0.39 is 0 Å². The lowest BCUT2D eigenvalue weighted by atomic mass is 10.1. The van der Waals surface area contributed by atoms with E-state index in [2.05, 4.69) is 19.9 Å². The van der Waals surface area contributed by atoms with E-state index in [9.17, 15) is 4.79 Å². The summed E-state index contributed by atoms with van der Waals surface area (Å²) in [4.78, 5) is 27.5. The van der Waals surface area contributed by atoms with Crippen LogP contribution in [0.2, 0.25) is 0 Å². The van der Waals surface area contributed by atoms with E-state index in [-0.39, 0.29) is 11.9 Å². The van der Waals surface area contributed by atoms with Crippen LogP contribution in [-0.2, 0) is 9.53 Å². The lowest BCUT2D eigenvalue weighted by Gasteiger charge is -2.34. The third-order valence-electron chi connectivity index (χ3n) is 6.73. The second-order valence-electron chi connectivity index (χ2n) is 8.59. The quantitative estimate of drug-likeness (QED) is 0.735. The number of anilines is 1. The summed E-state index contributed by atoms with van der Waals surface area (Å²) >= 11 is 0. The van der Waals surface area contributed by atoms with E-state index in [1.165, 1.54) is 0 Å². The van der Waals surface area contributed by atoms with Crippen molar-refractivity contribution in [3.63, 3.8) is 0 Å². The summed E-state index contributed by atoms with van der Waals surface area (Å²) in [6.07, 6.45) is 6.15. The first-order valence-corrected chi connectivity index (χ1v) is 11.3. The molecule has 1 unspecified atom stereocenters. The third kappa shape index (κ3) is 4.29. The van der Waals surface area contributed by atoms with Crippen LogP contribution in [0, 0.1) is 0 Å². The zero-order valence-electron chi connectivity index (χ0n) is 18.1. The van der Waals surface area contributed by atoms with Gasteiger partial charge in [-0.05, 0) is 44.4 Å². The number of aromatic nitrogens is 3. The average Bonchev–Trinajstić information content (AvgIpc) is 3.50. The van der Waals surface area contributed by atoms with E-state index in [1.54, 1.807) is 13.1 Å². The summed E-state index contributed by atoms with van der Waals surface area (Å²) in [5.41, 5.74) is 0.907. The fourth-order valence-corrected chi connectivity index (χ4v) is 4.98. The molecule has 2 aromatic rings. The summed E-state index contributed by atoms with van der Waals surface area (Å²) in [6.45, 7) is 7.36. The number of nitrogens with zero attached hydrogens (tertiary/aromatic N) is 6. The maximum absolute atomic E-state index is 11.6. The van der Waals surface area contributed by atoms with Crippen molar-refractivity contribution in [1.29, 1.82) is 0 Å². The summed E-state index contributed by atoms with van der Waals surface area (Å²) in [5.74, 6) is 2.34. The first-order valence-electron chi connectivity index (χ1n) is 11.3. The molecule has 2 aromatic heterocycles. The molecule has 1 atom stereocenters. The minimum Gasteiger partial charge on any atom is -0.381 e. The number of carbonyl (C=O) groups is 1. The highest BCUT2D eigenvalue weighted by Gasteiger charge is 2.36. The Morgan fingerprint density at radius 1 is 1.10 bits per heavy atom. The van der Waals surface area contributed by atoms with Crippen molar-refractivity contribution in [2.75, 3.05) is 50.8 Å². The van der Waals surface area contributed by atoms with Crippen LogP contribution >= 0.6 is 0 Å². The van der Waals surface area contributed by atoms with Crippen LogP contribution in [0.15, 0.2) is 22.9 Å². The molecule has 0 aromatic carbocycles. The predicted molar refractivity (Wildman–Crippen MR) is 115 cm³/mol. The molecule has 0 bridgehead atoms. The maximum atomic E-state index is 11.6. The van der Waals surface area contributed by atoms with Crippen LogP contribution in [0.1, 0.15) is 44.5 Å². The molecule has 0 aliphatic carbocycles. The van der Waals surface area contributed by atoms with Gasteiger partial charge < -0.3 is 19.1 Å². The van der Waals surface area contributed by atoms with Gasteiger partial charge in [-0.1, -0.05) is 5.16 Å². The SMILES string of the molecule is CC(=O)N1CCN(c2cc(-c3noc(C4CCCN4C4CCOCC4)n3)ccn2)CC1. The van der Waals surface area contributed by atoms with E-state index in [1.807, 2.05) is 17.0 Å². The number of piperazine rings is 1. The van der Waals surface area contributed by atoms with Crippen LogP contribution in [-0.4, -0.2) is 82.8 Å². The Kier molecular flexibility index (Phi) is 5.87. The van der Waals surface area contributed by atoms with Gasteiger partial charge in [-0.3, -0.25) is 9.69 Å². The molecule has 0 N–H and O–H groups in total. The molecule has 3 aliphatic rings. The molecule has 1 amide bonds. The molecule has 0 radical (unpaired) electrons. The van der Waals surface area contributed by atoms with Gasteiger partial charge in [-0.2, -0.15) is 4.98 Å². The van der Waals surface area contributed by atoms with E-state index in [4.69, 9.17) is 14.2 Å². The van der Waals surface area contributed by atoms with Crippen molar-refractivity contribution >= 4 is 11.7 Å². The molecular weight excluding hydrogens is 396 g/mol. The van der Waals surface area contributed by atoms with Gasteiger partial charge in [0.1, 0.15) is 5.82 Å². The zero-order chi connectivity index (χ0) is 21.2. The fourth-order valence-electron chi connectivity index (χ4n) is 4.98. The second-order valence-corrected chi connectivity index (χ2v) is 8.59. The van der Waals surface area contributed by atoms with Gasteiger partial charge in [-0.25, -0.2) is 4.98 Å². The van der Waals surface area contributed by atoms with Crippen molar-refractivity contribution in [2.24, 2.45) is 0 Å². The number of carbonyl (C=O) groups excluding carboxylic acids is 1. The number of pyridine rings is 1. The summed E-state index contributed by atoms with van der Waals surface area (Å²) in [7, 11) is 0. The van der Waals surface area contributed by atoms with Gasteiger partial charge in [0.15, 0.2) is 0 Å². The lowest BCUT2D eigenvalue weighted by Crippen LogP contribution is -2.48. The molecule has 166 valence electrons. The molecule has 9 heteroatoms. The maximum Gasteiger partial charge on any atom is 0.244 e. The zero-order valence-corrected chi connectivity index (χ0v) is 18.1. The van der Waals surface area contributed by atoms with Gasteiger partial charge in [0, 0.05) is 64.1 Å². The molecule has 5 heterocycles. The van der Waals surface area contributed by atoms with Gasteiger partial charge in [0.05, 0.1) is 6.04 Å². The topological polar surface area (TPSA) is 87.8 Å². The lowest BCUT2D eigenvalue weighted by molar-refractivity contribution is -0.129.